The molecule has 1 aliphatic rings. The molecule has 7 nitrogen and oxygen atoms in total. The van der Waals surface area contributed by atoms with Crippen molar-refractivity contribution in [3.8, 4) is 0 Å². The lowest BCUT2D eigenvalue weighted by atomic mass is 10.1. The van der Waals surface area contributed by atoms with Crippen molar-refractivity contribution in [2.45, 2.75) is 39.7 Å². The molecule has 0 aromatic heterocycles. The smallest absolute Gasteiger partial charge is 0.227 e. The molecule has 1 heterocycles. The molecule has 1 fully saturated rings. The van der Waals surface area contributed by atoms with Crippen LogP contribution in [-0.2, 0) is 22.6 Å². The van der Waals surface area contributed by atoms with Crippen molar-refractivity contribution in [3.05, 3.63) is 59.7 Å². The first kappa shape index (κ1) is 22.3. The fourth-order valence-electron chi connectivity index (χ4n) is 3.50. The van der Waals surface area contributed by atoms with Crippen molar-refractivity contribution in [2.24, 2.45) is 4.99 Å². The van der Waals surface area contributed by atoms with Crippen LogP contribution in [0.25, 0.3) is 0 Å². The molecule has 2 amide bonds. The number of anilines is 2. The number of hydrogen-bond acceptors (Lipinski definition) is 3. The maximum atomic E-state index is 11.9. The van der Waals surface area contributed by atoms with E-state index in [0.717, 1.165) is 55.4 Å². The van der Waals surface area contributed by atoms with Gasteiger partial charge in [0.05, 0.1) is 6.54 Å². The second-order valence-electron chi connectivity index (χ2n) is 7.57. The molecule has 0 saturated carbocycles. The predicted octanol–water partition coefficient (Wildman–Crippen LogP) is 3.07. The highest BCUT2D eigenvalue weighted by Crippen LogP contribution is 2.21. The van der Waals surface area contributed by atoms with Crippen LogP contribution < -0.4 is 20.9 Å². The summed E-state index contributed by atoms with van der Waals surface area (Å²) in [7, 11) is 0. The van der Waals surface area contributed by atoms with Gasteiger partial charge in [-0.05, 0) is 55.2 Å². The normalized spacial score (nSPS) is 13.9. The zero-order chi connectivity index (χ0) is 22.1. The van der Waals surface area contributed by atoms with E-state index in [1.54, 1.807) is 0 Å². The molecule has 31 heavy (non-hydrogen) atoms. The van der Waals surface area contributed by atoms with E-state index in [0.29, 0.717) is 13.0 Å². The summed E-state index contributed by atoms with van der Waals surface area (Å²) in [6.45, 7) is 6.45. The van der Waals surface area contributed by atoms with Gasteiger partial charge in [-0.15, -0.1) is 0 Å². The van der Waals surface area contributed by atoms with Crippen LogP contribution in [-0.4, -0.2) is 37.4 Å². The number of guanidine groups is 1. The van der Waals surface area contributed by atoms with E-state index >= 15 is 0 Å². The summed E-state index contributed by atoms with van der Waals surface area (Å²) in [6.07, 6.45) is 2.43. The van der Waals surface area contributed by atoms with Crippen LogP contribution in [0.3, 0.4) is 0 Å². The van der Waals surface area contributed by atoms with Crippen molar-refractivity contribution in [3.63, 3.8) is 0 Å². The fraction of sp³-hybridized carbons (Fsp3) is 0.375. The number of carbonyl (C=O) groups is 2. The van der Waals surface area contributed by atoms with Gasteiger partial charge in [0.25, 0.3) is 0 Å². The van der Waals surface area contributed by atoms with Gasteiger partial charge in [0.15, 0.2) is 5.96 Å². The molecule has 0 radical (unpaired) electrons. The summed E-state index contributed by atoms with van der Waals surface area (Å²) >= 11 is 0. The fourth-order valence-corrected chi connectivity index (χ4v) is 3.50. The van der Waals surface area contributed by atoms with Gasteiger partial charge in [0.2, 0.25) is 11.8 Å². The van der Waals surface area contributed by atoms with Crippen LogP contribution in [0.15, 0.2) is 53.5 Å². The molecule has 7 heteroatoms. The summed E-state index contributed by atoms with van der Waals surface area (Å²) in [5, 5.41) is 9.41. The molecule has 0 bridgehead atoms. The molecule has 0 unspecified atom stereocenters. The molecule has 3 N–H and O–H groups in total. The molecular weight excluding hydrogens is 390 g/mol. The summed E-state index contributed by atoms with van der Waals surface area (Å²) < 4.78 is 0. The van der Waals surface area contributed by atoms with Crippen LogP contribution in [0.5, 0.6) is 0 Å². The third-order valence-corrected chi connectivity index (χ3v) is 5.07. The van der Waals surface area contributed by atoms with Crippen molar-refractivity contribution in [1.29, 1.82) is 0 Å². The highest BCUT2D eigenvalue weighted by Gasteiger charge is 2.21. The maximum Gasteiger partial charge on any atom is 0.227 e. The molecule has 0 atom stereocenters. The minimum Gasteiger partial charge on any atom is -0.357 e. The van der Waals surface area contributed by atoms with E-state index in [-0.39, 0.29) is 11.8 Å². The lowest BCUT2D eigenvalue weighted by Crippen LogP contribution is -2.38. The Kier molecular flexibility index (Phi) is 8.04. The Morgan fingerprint density at radius 3 is 2.35 bits per heavy atom. The Balaban J connectivity index is 1.50. The molecular formula is C24H31N5O2. The van der Waals surface area contributed by atoms with Gasteiger partial charge in [-0.3, -0.25) is 9.59 Å². The standard InChI is InChI=1S/C24H31N5O2/c1-3-25-24(26-15-14-19-6-10-21(11-7-19)28-18(2)30)27-17-20-8-12-22(13-9-20)29-16-4-5-23(29)31/h6-13H,3-5,14-17H2,1-2H3,(H,28,30)(H2,25,26,27). The zero-order valence-corrected chi connectivity index (χ0v) is 18.3. The van der Waals surface area contributed by atoms with Crippen molar-refractivity contribution in [1.82, 2.24) is 10.6 Å². The van der Waals surface area contributed by atoms with Gasteiger partial charge >= 0.3 is 0 Å². The van der Waals surface area contributed by atoms with Gasteiger partial charge in [-0.25, -0.2) is 4.99 Å². The van der Waals surface area contributed by atoms with Gasteiger partial charge in [-0.1, -0.05) is 24.3 Å². The third kappa shape index (κ3) is 6.84. The molecule has 0 aliphatic carbocycles. The number of amides is 2. The lowest BCUT2D eigenvalue weighted by molar-refractivity contribution is -0.117. The second kappa shape index (κ2) is 11.2. The first-order valence-corrected chi connectivity index (χ1v) is 10.8. The summed E-state index contributed by atoms with van der Waals surface area (Å²) in [5.41, 5.74) is 4.05. The van der Waals surface area contributed by atoms with E-state index in [1.807, 2.05) is 60.4 Å². The molecule has 2 aromatic rings. The first-order chi connectivity index (χ1) is 15.0. The first-order valence-electron chi connectivity index (χ1n) is 10.8. The van der Waals surface area contributed by atoms with Crippen molar-refractivity contribution >= 4 is 29.1 Å². The Morgan fingerprint density at radius 1 is 1.03 bits per heavy atom. The highest BCUT2D eigenvalue weighted by atomic mass is 16.2. The Bertz CT molecular complexity index is 907. The van der Waals surface area contributed by atoms with Gasteiger partial charge in [0.1, 0.15) is 0 Å². The number of nitrogens with zero attached hydrogens (tertiary/aromatic N) is 2. The molecule has 2 aromatic carbocycles. The molecule has 164 valence electrons. The van der Waals surface area contributed by atoms with Crippen LogP contribution in [0, 0.1) is 0 Å². The van der Waals surface area contributed by atoms with Gasteiger partial charge in [-0.2, -0.15) is 0 Å². The summed E-state index contributed by atoms with van der Waals surface area (Å²) in [6, 6.07) is 15.9. The molecule has 0 spiro atoms. The average Bonchev–Trinajstić information content (AvgIpc) is 3.19. The monoisotopic (exact) mass is 421 g/mol. The quantitative estimate of drug-likeness (QED) is 0.452. The van der Waals surface area contributed by atoms with Gasteiger partial charge < -0.3 is 20.9 Å². The summed E-state index contributed by atoms with van der Waals surface area (Å²) in [4.78, 5) is 29.5. The predicted molar refractivity (Wildman–Crippen MR) is 125 cm³/mol. The van der Waals surface area contributed by atoms with Crippen molar-refractivity contribution in [2.75, 3.05) is 29.9 Å². The average molecular weight is 422 g/mol. The largest absolute Gasteiger partial charge is 0.357 e. The second-order valence-corrected chi connectivity index (χ2v) is 7.57. The minimum atomic E-state index is -0.0694. The van der Waals surface area contributed by atoms with Crippen LogP contribution in [0.1, 0.15) is 37.8 Å². The summed E-state index contributed by atoms with van der Waals surface area (Å²) in [5.74, 6) is 0.908. The topological polar surface area (TPSA) is 85.8 Å². The molecule has 1 aliphatic heterocycles. The molecule has 3 rings (SSSR count). The Labute approximate surface area is 183 Å². The highest BCUT2D eigenvalue weighted by molar-refractivity contribution is 5.95. The van der Waals surface area contributed by atoms with Crippen LogP contribution in [0.4, 0.5) is 11.4 Å². The van der Waals surface area contributed by atoms with Crippen LogP contribution >= 0.6 is 0 Å². The number of hydrogen-bond donors (Lipinski definition) is 3. The SMILES string of the molecule is CCNC(=NCc1ccc(N2CCCC2=O)cc1)NCCc1ccc(NC(C)=O)cc1. The van der Waals surface area contributed by atoms with E-state index in [2.05, 4.69) is 20.9 Å². The molecule has 1 saturated heterocycles. The maximum absolute atomic E-state index is 11.9. The van der Waals surface area contributed by atoms with E-state index < -0.39 is 0 Å². The van der Waals surface area contributed by atoms with Gasteiger partial charge in [0, 0.05) is 44.4 Å². The minimum absolute atomic E-state index is 0.0694. The third-order valence-electron chi connectivity index (χ3n) is 5.07. The number of nitrogens with one attached hydrogen (secondary N) is 3. The van der Waals surface area contributed by atoms with E-state index in [9.17, 15) is 9.59 Å². The van der Waals surface area contributed by atoms with Crippen LogP contribution in [0.2, 0.25) is 0 Å². The number of rotatable bonds is 8. The zero-order valence-electron chi connectivity index (χ0n) is 18.3. The van der Waals surface area contributed by atoms with Crippen molar-refractivity contribution < 1.29 is 9.59 Å². The van der Waals surface area contributed by atoms with E-state index in [4.69, 9.17) is 0 Å². The van der Waals surface area contributed by atoms with E-state index in [1.165, 1.54) is 12.5 Å². The number of benzene rings is 2. The Morgan fingerprint density at radius 2 is 1.74 bits per heavy atom. The lowest BCUT2D eigenvalue weighted by Gasteiger charge is -2.16. The number of aliphatic imine (C=N–C) groups is 1. The number of carbonyl (C=O) groups excluding carboxylic acids is 2. The Hall–Kier alpha value is -3.35.